The van der Waals surface area contributed by atoms with Crippen LogP contribution in [0.3, 0.4) is 0 Å². The molecule has 0 spiro atoms. The van der Waals surface area contributed by atoms with E-state index in [1.807, 2.05) is 26.0 Å². The summed E-state index contributed by atoms with van der Waals surface area (Å²) in [5, 5.41) is 0. The number of likely N-dealkylation sites (N-methyl/N-ethyl adjacent to an activating group) is 1. The van der Waals surface area contributed by atoms with Gasteiger partial charge in [-0.3, -0.25) is 9.69 Å². The number of thiophene rings is 1. The molecule has 0 N–H and O–H groups in total. The number of carbonyl (C=O) groups excluding carboxylic acids is 1. The monoisotopic (exact) mass is 255 g/mol. The fourth-order valence-electron chi connectivity index (χ4n) is 1.55. The first-order chi connectivity index (χ1) is 8.17. The molecule has 0 aliphatic carbocycles. The maximum absolute atomic E-state index is 12.0. The van der Waals surface area contributed by atoms with Crippen molar-refractivity contribution in [1.82, 2.24) is 4.90 Å². The standard InChI is InChI=1S/C13H21NO2S/c1-4-14(8-9-16-5-2)10-12(15)13-7-6-11(3)17-13/h6-7H,4-5,8-10H2,1-3H3. The summed E-state index contributed by atoms with van der Waals surface area (Å²) in [5.74, 6) is 0.210. The molecule has 1 heterocycles. The first-order valence-corrected chi connectivity index (χ1v) is 6.88. The van der Waals surface area contributed by atoms with E-state index >= 15 is 0 Å². The van der Waals surface area contributed by atoms with Crippen molar-refractivity contribution in [2.75, 3.05) is 32.8 Å². The Morgan fingerprint density at radius 3 is 2.71 bits per heavy atom. The van der Waals surface area contributed by atoms with E-state index in [4.69, 9.17) is 4.74 Å². The largest absolute Gasteiger partial charge is 0.380 e. The van der Waals surface area contributed by atoms with Gasteiger partial charge in [-0.25, -0.2) is 0 Å². The second kappa shape index (κ2) is 7.58. The lowest BCUT2D eigenvalue weighted by molar-refractivity contribution is 0.0871. The van der Waals surface area contributed by atoms with Crippen LogP contribution < -0.4 is 0 Å². The molecule has 0 saturated heterocycles. The average molecular weight is 255 g/mol. The summed E-state index contributed by atoms with van der Waals surface area (Å²) in [6.45, 7) is 9.69. The zero-order chi connectivity index (χ0) is 12.7. The van der Waals surface area contributed by atoms with E-state index in [-0.39, 0.29) is 5.78 Å². The predicted octanol–water partition coefficient (Wildman–Crippen LogP) is 2.60. The first-order valence-electron chi connectivity index (χ1n) is 6.07. The van der Waals surface area contributed by atoms with Gasteiger partial charge in [-0.05, 0) is 32.5 Å². The molecule has 1 aromatic rings. The first kappa shape index (κ1) is 14.4. The van der Waals surface area contributed by atoms with Crippen LogP contribution in [0.25, 0.3) is 0 Å². The molecule has 1 aromatic heterocycles. The van der Waals surface area contributed by atoms with Crippen molar-refractivity contribution in [3.63, 3.8) is 0 Å². The third-order valence-electron chi connectivity index (χ3n) is 2.59. The number of rotatable bonds is 8. The number of hydrogen-bond acceptors (Lipinski definition) is 4. The zero-order valence-electron chi connectivity index (χ0n) is 10.9. The van der Waals surface area contributed by atoms with Crippen molar-refractivity contribution >= 4 is 17.1 Å². The van der Waals surface area contributed by atoms with E-state index in [9.17, 15) is 4.79 Å². The molecule has 0 aliphatic rings. The van der Waals surface area contributed by atoms with Crippen LogP contribution in [0.5, 0.6) is 0 Å². The topological polar surface area (TPSA) is 29.5 Å². The Morgan fingerprint density at radius 1 is 1.41 bits per heavy atom. The molecule has 0 unspecified atom stereocenters. The zero-order valence-corrected chi connectivity index (χ0v) is 11.7. The van der Waals surface area contributed by atoms with Crippen LogP contribution in [-0.2, 0) is 4.74 Å². The Hall–Kier alpha value is -0.710. The van der Waals surface area contributed by atoms with Gasteiger partial charge in [0.1, 0.15) is 0 Å². The van der Waals surface area contributed by atoms with Crippen molar-refractivity contribution < 1.29 is 9.53 Å². The second-order valence-electron chi connectivity index (χ2n) is 3.90. The molecular formula is C13H21NO2S. The number of aryl methyl sites for hydroxylation is 1. The molecule has 0 bridgehead atoms. The molecule has 4 heteroatoms. The molecule has 0 fully saturated rings. The van der Waals surface area contributed by atoms with Crippen LogP contribution in [0.2, 0.25) is 0 Å². The van der Waals surface area contributed by atoms with Gasteiger partial charge in [-0.15, -0.1) is 11.3 Å². The highest BCUT2D eigenvalue weighted by Gasteiger charge is 2.12. The Bertz CT molecular complexity index is 349. The molecule has 0 aromatic carbocycles. The molecular weight excluding hydrogens is 234 g/mol. The van der Waals surface area contributed by atoms with Gasteiger partial charge in [0.15, 0.2) is 5.78 Å². The smallest absolute Gasteiger partial charge is 0.186 e. The van der Waals surface area contributed by atoms with E-state index in [0.29, 0.717) is 13.2 Å². The molecule has 17 heavy (non-hydrogen) atoms. The summed E-state index contributed by atoms with van der Waals surface area (Å²) in [6.07, 6.45) is 0. The quantitative estimate of drug-likeness (QED) is 0.528. The third kappa shape index (κ3) is 4.98. The molecule has 96 valence electrons. The minimum Gasteiger partial charge on any atom is -0.380 e. The highest BCUT2D eigenvalue weighted by molar-refractivity contribution is 7.14. The van der Waals surface area contributed by atoms with Gasteiger partial charge in [0.2, 0.25) is 0 Å². The van der Waals surface area contributed by atoms with E-state index in [0.717, 1.165) is 24.6 Å². The van der Waals surface area contributed by atoms with Crippen LogP contribution in [0.15, 0.2) is 12.1 Å². The fourth-order valence-corrected chi connectivity index (χ4v) is 2.35. The normalized spacial score (nSPS) is 11.1. The van der Waals surface area contributed by atoms with Crippen molar-refractivity contribution in [2.24, 2.45) is 0 Å². The van der Waals surface area contributed by atoms with Crippen molar-refractivity contribution in [3.05, 3.63) is 21.9 Å². The highest BCUT2D eigenvalue weighted by atomic mass is 32.1. The fraction of sp³-hybridized carbons (Fsp3) is 0.615. The lowest BCUT2D eigenvalue weighted by atomic mass is 10.3. The van der Waals surface area contributed by atoms with Crippen LogP contribution in [0.1, 0.15) is 28.4 Å². The van der Waals surface area contributed by atoms with Gasteiger partial charge >= 0.3 is 0 Å². The van der Waals surface area contributed by atoms with Gasteiger partial charge in [-0.1, -0.05) is 6.92 Å². The van der Waals surface area contributed by atoms with E-state index in [1.54, 1.807) is 11.3 Å². The number of hydrogen-bond donors (Lipinski definition) is 0. The molecule has 0 atom stereocenters. The third-order valence-corrected chi connectivity index (χ3v) is 3.63. The van der Waals surface area contributed by atoms with E-state index in [1.165, 1.54) is 4.88 Å². The average Bonchev–Trinajstić information content (AvgIpc) is 2.74. The van der Waals surface area contributed by atoms with Crippen LogP contribution >= 0.6 is 11.3 Å². The van der Waals surface area contributed by atoms with Crippen molar-refractivity contribution in [2.45, 2.75) is 20.8 Å². The lowest BCUT2D eigenvalue weighted by Gasteiger charge is -2.18. The number of Topliss-reactive ketones (excluding diaryl/α,β-unsaturated/α-hetero) is 1. The predicted molar refractivity (Wildman–Crippen MR) is 72.0 cm³/mol. The highest BCUT2D eigenvalue weighted by Crippen LogP contribution is 2.15. The number of carbonyl (C=O) groups is 1. The molecule has 1 rings (SSSR count). The van der Waals surface area contributed by atoms with Crippen LogP contribution in [0, 0.1) is 6.92 Å². The van der Waals surface area contributed by atoms with Gasteiger partial charge in [0.05, 0.1) is 18.0 Å². The maximum atomic E-state index is 12.0. The summed E-state index contributed by atoms with van der Waals surface area (Å²) in [7, 11) is 0. The van der Waals surface area contributed by atoms with Gasteiger partial charge in [0, 0.05) is 18.0 Å². The van der Waals surface area contributed by atoms with Crippen LogP contribution in [0.4, 0.5) is 0 Å². The van der Waals surface area contributed by atoms with Crippen molar-refractivity contribution in [3.8, 4) is 0 Å². The SMILES string of the molecule is CCOCCN(CC)CC(=O)c1ccc(C)s1. The number of ketones is 1. The second-order valence-corrected chi connectivity index (χ2v) is 5.19. The van der Waals surface area contributed by atoms with Gasteiger partial charge in [-0.2, -0.15) is 0 Å². The van der Waals surface area contributed by atoms with Gasteiger partial charge < -0.3 is 4.74 Å². The maximum Gasteiger partial charge on any atom is 0.186 e. The molecule has 0 radical (unpaired) electrons. The molecule has 3 nitrogen and oxygen atoms in total. The van der Waals surface area contributed by atoms with E-state index in [2.05, 4.69) is 11.8 Å². The molecule has 0 saturated carbocycles. The van der Waals surface area contributed by atoms with Crippen LogP contribution in [-0.4, -0.2) is 43.5 Å². The molecule has 0 aliphatic heterocycles. The summed E-state index contributed by atoms with van der Waals surface area (Å²) < 4.78 is 5.31. The summed E-state index contributed by atoms with van der Waals surface area (Å²) in [6, 6.07) is 3.91. The number of ether oxygens (including phenoxy) is 1. The summed E-state index contributed by atoms with van der Waals surface area (Å²) in [4.78, 5) is 16.2. The Labute approximate surface area is 107 Å². The van der Waals surface area contributed by atoms with Gasteiger partial charge in [0.25, 0.3) is 0 Å². The lowest BCUT2D eigenvalue weighted by Crippen LogP contribution is -2.32. The van der Waals surface area contributed by atoms with Crippen molar-refractivity contribution in [1.29, 1.82) is 0 Å². The number of nitrogens with zero attached hydrogens (tertiary/aromatic N) is 1. The van der Waals surface area contributed by atoms with E-state index < -0.39 is 0 Å². The minimum absolute atomic E-state index is 0.210. The Morgan fingerprint density at radius 2 is 2.18 bits per heavy atom. The Balaban J connectivity index is 2.42. The molecule has 0 amide bonds. The summed E-state index contributed by atoms with van der Waals surface area (Å²) >= 11 is 1.57. The Kier molecular flexibility index (Phi) is 6.40. The minimum atomic E-state index is 0.210. The summed E-state index contributed by atoms with van der Waals surface area (Å²) in [5.41, 5.74) is 0.